The zero-order chi connectivity index (χ0) is 10.1. The smallest absolute Gasteiger partial charge is 0.0467 e. The molecule has 1 saturated carbocycles. The molecule has 0 atom stereocenters. The minimum absolute atomic E-state index is 0.737. The topological polar surface area (TPSA) is 3.24 Å². The quantitative estimate of drug-likeness (QED) is 0.757. The molecule has 3 heteroatoms. The summed E-state index contributed by atoms with van der Waals surface area (Å²) in [6, 6.07) is 7.02. The van der Waals surface area contributed by atoms with Crippen LogP contribution >= 0.6 is 27.5 Å². The van der Waals surface area contributed by atoms with Gasteiger partial charge in [-0.05, 0) is 30.5 Å². The summed E-state index contributed by atoms with van der Waals surface area (Å²) >= 11 is 9.56. The third-order valence-corrected chi connectivity index (χ3v) is 3.64. The second kappa shape index (κ2) is 4.11. The van der Waals surface area contributed by atoms with Gasteiger partial charge in [0.2, 0.25) is 0 Å². The molecule has 2 rings (SSSR count). The largest absolute Gasteiger partial charge is 0.372 e. The van der Waals surface area contributed by atoms with Gasteiger partial charge in [-0.15, -0.1) is 0 Å². The standard InChI is InChI=1S/C11H13BrClN/c1-14(9-4-5-9)10-3-2-8(7-12)11(13)6-10/h2-3,6,9H,4-5,7H2,1H3. The van der Waals surface area contributed by atoms with Gasteiger partial charge in [0, 0.05) is 29.1 Å². The van der Waals surface area contributed by atoms with Crippen molar-refractivity contribution in [1.82, 2.24) is 0 Å². The van der Waals surface area contributed by atoms with Crippen molar-refractivity contribution in [2.24, 2.45) is 0 Å². The maximum Gasteiger partial charge on any atom is 0.0467 e. The van der Waals surface area contributed by atoms with Crippen LogP contribution in [-0.2, 0) is 5.33 Å². The predicted molar refractivity (Wildman–Crippen MR) is 65.5 cm³/mol. The third-order valence-electron chi connectivity index (χ3n) is 2.68. The molecular formula is C11H13BrClN. The van der Waals surface area contributed by atoms with Crippen molar-refractivity contribution < 1.29 is 0 Å². The number of rotatable bonds is 3. The first-order chi connectivity index (χ1) is 6.72. The maximum absolute atomic E-state index is 6.14. The monoisotopic (exact) mass is 273 g/mol. The molecule has 0 bridgehead atoms. The molecule has 1 fully saturated rings. The van der Waals surface area contributed by atoms with E-state index in [0.717, 1.165) is 22.0 Å². The molecule has 0 unspecified atom stereocenters. The second-order valence-electron chi connectivity index (χ2n) is 3.75. The van der Waals surface area contributed by atoms with E-state index in [-0.39, 0.29) is 0 Å². The SMILES string of the molecule is CN(c1ccc(CBr)c(Cl)c1)C1CC1. The van der Waals surface area contributed by atoms with Crippen molar-refractivity contribution in [1.29, 1.82) is 0 Å². The third kappa shape index (κ3) is 2.06. The Morgan fingerprint density at radius 1 is 1.50 bits per heavy atom. The van der Waals surface area contributed by atoms with Crippen molar-refractivity contribution in [2.45, 2.75) is 24.2 Å². The molecule has 0 saturated heterocycles. The maximum atomic E-state index is 6.14. The van der Waals surface area contributed by atoms with Crippen molar-refractivity contribution in [3.8, 4) is 0 Å². The van der Waals surface area contributed by atoms with E-state index in [1.54, 1.807) is 0 Å². The Morgan fingerprint density at radius 2 is 2.21 bits per heavy atom. The molecule has 1 aliphatic rings. The van der Waals surface area contributed by atoms with E-state index in [1.165, 1.54) is 18.5 Å². The van der Waals surface area contributed by atoms with Gasteiger partial charge in [0.1, 0.15) is 0 Å². The van der Waals surface area contributed by atoms with Gasteiger partial charge in [-0.25, -0.2) is 0 Å². The summed E-state index contributed by atoms with van der Waals surface area (Å²) in [6.07, 6.45) is 2.63. The van der Waals surface area contributed by atoms with Crippen LogP contribution in [0.1, 0.15) is 18.4 Å². The molecule has 1 aromatic carbocycles. The summed E-state index contributed by atoms with van der Waals surface area (Å²) in [7, 11) is 2.14. The summed E-state index contributed by atoms with van der Waals surface area (Å²) in [5.74, 6) is 0. The lowest BCUT2D eigenvalue weighted by Gasteiger charge is -2.19. The molecule has 0 N–H and O–H groups in total. The summed E-state index contributed by atoms with van der Waals surface area (Å²) in [6.45, 7) is 0. The van der Waals surface area contributed by atoms with Gasteiger partial charge in [0.25, 0.3) is 0 Å². The lowest BCUT2D eigenvalue weighted by Crippen LogP contribution is -2.19. The van der Waals surface area contributed by atoms with Crippen LogP contribution in [0.25, 0.3) is 0 Å². The van der Waals surface area contributed by atoms with Crippen LogP contribution in [0.15, 0.2) is 18.2 Å². The normalized spacial score (nSPS) is 15.6. The Kier molecular flexibility index (Phi) is 3.03. The first-order valence-corrected chi connectivity index (χ1v) is 6.29. The van der Waals surface area contributed by atoms with E-state index in [2.05, 4.69) is 46.1 Å². The number of alkyl halides is 1. The minimum atomic E-state index is 0.737. The van der Waals surface area contributed by atoms with Crippen molar-refractivity contribution in [3.05, 3.63) is 28.8 Å². The van der Waals surface area contributed by atoms with Gasteiger partial charge >= 0.3 is 0 Å². The molecule has 0 spiro atoms. The van der Waals surface area contributed by atoms with E-state index in [1.807, 2.05) is 0 Å². The zero-order valence-corrected chi connectivity index (χ0v) is 10.5. The van der Waals surface area contributed by atoms with Crippen molar-refractivity contribution >= 4 is 33.2 Å². The Morgan fingerprint density at radius 3 is 2.71 bits per heavy atom. The summed E-state index contributed by atoms with van der Waals surface area (Å²) in [5.41, 5.74) is 2.38. The number of halogens is 2. The highest BCUT2D eigenvalue weighted by Crippen LogP contribution is 2.32. The Balaban J connectivity index is 2.22. The van der Waals surface area contributed by atoms with Gasteiger partial charge in [-0.3, -0.25) is 0 Å². The molecule has 1 aromatic rings. The van der Waals surface area contributed by atoms with Crippen molar-refractivity contribution in [3.63, 3.8) is 0 Å². The highest BCUT2D eigenvalue weighted by Gasteiger charge is 2.26. The van der Waals surface area contributed by atoms with Crippen molar-refractivity contribution in [2.75, 3.05) is 11.9 Å². The van der Waals surface area contributed by atoms with Gasteiger partial charge in [0.05, 0.1) is 0 Å². The molecule has 0 heterocycles. The van der Waals surface area contributed by atoms with Gasteiger partial charge in [-0.1, -0.05) is 33.6 Å². The molecule has 0 amide bonds. The van der Waals surface area contributed by atoms with E-state index < -0.39 is 0 Å². The minimum Gasteiger partial charge on any atom is -0.372 e. The Bertz CT molecular complexity index is 336. The lowest BCUT2D eigenvalue weighted by atomic mass is 10.2. The van der Waals surface area contributed by atoms with Crippen LogP contribution < -0.4 is 4.90 Å². The molecule has 0 radical (unpaired) electrons. The molecule has 0 aliphatic heterocycles. The van der Waals surface area contributed by atoms with Crippen LogP contribution in [0.5, 0.6) is 0 Å². The highest BCUT2D eigenvalue weighted by atomic mass is 79.9. The lowest BCUT2D eigenvalue weighted by molar-refractivity contribution is 0.917. The zero-order valence-electron chi connectivity index (χ0n) is 8.13. The van der Waals surface area contributed by atoms with Gasteiger partial charge < -0.3 is 4.90 Å². The molecular weight excluding hydrogens is 261 g/mol. The highest BCUT2D eigenvalue weighted by molar-refractivity contribution is 9.08. The van der Waals surface area contributed by atoms with E-state index in [4.69, 9.17) is 11.6 Å². The summed E-state index contributed by atoms with van der Waals surface area (Å²) in [4.78, 5) is 2.31. The van der Waals surface area contributed by atoms with Gasteiger partial charge in [0.15, 0.2) is 0 Å². The number of anilines is 1. The fourth-order valence-corrected chi connectivity index (χ4v) is 2.43. The molecule has 1 nitrogen and oxygen atoms in total. The molecule has 0 aromatic heterocycles. The summed E-state index contributed by atoms with van der Waals surface area (Å²) in [5, 5.41) is 1.67. The predicted octanol–water partition coefficient (Wildman–Crippen LogP) is 3.83. The van der Waals surface area contributed by atoms with Crippen LogP contribution in [0, 0.1) is 0 Å². The van der Waals surface area contributed by atoms with E-state index >= 15 is 0 Å². The molecule has 1 aliphatic carbocycles. The number of hydrogen-bond acceptors (Lipinski definition) is 1. The fourth-order valence-electron chi connectivity index (χ4n) is 1.54. The first-order valence-electron chi connectivity index (χ1n) is 4.79. The van der Waals surface area contributed by atoms with Crippen LogP contribution in [-0.4, -0.2) is 13.1 Å². The van der Waals surface area contributed by atoms with Crippen LogP contribution in [0.2, 0.25) is 5.02 Å². The second-order valence-corrected chi connectivity index (χ2v) is 4.72. The first kappa shape index (κ1) is 10.3. The number of hydrogen-bond donors (Lipinski definition) is 0. The van der Waals surface area contributed by atoms with Gasteiger partial charge in [-0.2, -0.15) is 0 Å². The van der Waals surface area contributed by atoms with E-state index in [9.17, 15) is 0 Å². The Hall–Kier alpha value is -0.210. The van der Waals surface area contributed by atoms with E-state index in [0.29, 0.717) is 0 Å². The molecule has 14 heavy (non-hydrogen) atoms. The molecule has 76 valence electrons. The average molecular weight is 275 g/mol. The number of nitrogens with zero attached hydrogens (tertiary/aromatic N) is 1. The Labute approximate surface area is 98.2 Å². The fraction of sp³-hybridized carbons (Fsp3) is 0.455. The number of benzene rings is 1. The summed E-state index contributed by atoms with van der Waals surface area (Å²) < 4.78 is 0. The average Bonchev–Trinajstić information content (AvgIpc) is 3.00. The van der Waals surface area contributed by atoms with Crippen LogP contribution in [0.3, 0.4) is 0 Å². The van der Waals surface area contributed by atoms with Crippen LogP contribution in [0.4, 0.5) is 5.69 Å².